The zero-order valence-corrected chi connectivity index (χ0v) is 19.0. The van der Waals surface area contributed by atoms with Crippen LogP contribution in [-0.2, 0) is 30.4 Å². The number of anilines is 2. The van der Waals surface area contributed by atoms with Gasteiger partial charge in [-0.15, -0.1) is 0 Å². The lowest BCUT2D eigenvalue weighted by Crippen LogP contribution is -2.15. The molecule has 0 atom stereocenters. The number of nitrogens with one attached hydrogen (secondary N) is 1. The Morgan fingerprint density at radius 3 is 1.85 bits per heavy atom. The fraction of sp³-hybridized carbons (Fsp3) is 0.0556. The van der Waals surface area contributed by atoms with E-state index in [4.69, 9.17) is 5.73 Å². The van der Waals surface area contributed by atoms with E-state index in [-0.39, 0.29) is 5.56 Å². The molecule has 176 valence electrons. The van der Waals surface area contributed by atoms with Crippen molar-refractivity contribution in [3.63, 3.8) is 0 Å². The SMILES string of the molecule is Cc1cc(N)ccc1C(=O)Nc1cc(S(=O)(=O)O)cc2cc(S(=O)(=O)O)cc(S(=O)(=O)O)c12. The predicted molar refractivity (Wildman–Crippen MR) is 117 cm³/mol. The zero-order chi connectivity index (χ0) is 24.9. The second-order valence-corrected chi connectivity index (χ2v) is 11.2. The van der Waals surface area contributed by atoms with Crippen molar-refractivity contribution < 1.29 is 43.7 Å². The summed E-state index contributed by atoms with van der Waals surface area (Å²) in [6.07, 6.45) is 0. The van der Waals surface area contributed by atoms with E-state index < -0.39 is 67.4 Å². The summed E-state index contributed by atoms with van der Waals surface area (Å²) < 4.78 is 99.1. The third-order valence-corrected chi connectivity index (χ3v) is 7.12. The lowest BCUT2D eigenvalue weighted by molar-refractivity contribution is 0.102. The van der Waals surface area contributed by atoms with Gasteiger partial charge in [0.2, 0.25) is 0 Å². The highest BCUT2D eigenvalue weighted by Gasteiger charge is 2.25. The van der Waals surface area contributed by atoms with Crippen LogP contribution >= 0.6 is 0 Å². The number of nitrogen functional groups attached to an aromatic ring is 1. The van der Waals surface area contributed by atoms with Crippen molar-refractivity contribution in [2.45, 2.75) is 21.6 Å². The average molecular weight is 517 g/mol. The number of amides is 1. The van der Waals surface area contributed by atoms with Crippen LogP contribution in [0.25, 0.3) is 10.8 Å². The van der Waals surface area contributed by atoms with Gasteiger partial charge < -0.3 is 11.1 Å². The molecule has 0 unspecified atom stereocenters. The van der Waals surface area contributed by atoms with Gasteiger partial charge in [0.25, 0.3) is 36.3 Å². The van der Waals surface area contributed by atoms with Crippen molar-refractivity contribution in [3.8, 4) is 0 Å². The van der Waals surface area contributed by atoms with Crippen LogP contribution in [0.3, 0.4) is 0 Å². The molecule has 0 bridgehead atoms. The van der Waals surface area contributed by atoms with E-state index in [1.807, 2.05) is 0 Å². The number of rotatable bonds is 5. The van der Waals surface area contributed by atoms with E-state index in [9.17, 15) is 43.7 Å². The van der Waals surface area contributed by atoms with Crippen LogP contribution in [0.4, 0.5) is 11.4 Å². The Balaban J connectivity index is 2.40. The molecule has 0 aromatic heterocycles. The first kappa shape index (κ1) is 24.6. The van der Waals surface area contributed by atoms with Crippen molar-refractivity contribution in [2.24, 2.45) is 0 Å². The van der Waals surface area contributed by atoms with Crippen molar-refractivity contribution >= 4 is 58.4 Å². The van der Waals surface area contributed by atoms with Crippen LogP contribution < -0.4 is 11.1 Å². The summed E-state index contributed by atoms with van der Waals surface area (Å²) in [4.78, 5) is 9.97. The van der Waals surface area contributed by atoms with E-state index in [0.717, 1.165) is 6.07 Å². The number of nitrogens with two attached hydrogens (primary N) is 1. The first-order valence-electron chi connectivity index (χ1n) is 8.70. The highest BCUT2D eigenvalue weighted by Crippen LogP contribution is 2.35. The minimum atomic E-state index is -5.15. The summed E-state index contributed by atoms with van der Waals surface area (Å²) in [6, 6.07) is 6.82. The van der Waals surface area contributed by atoms with Gasteiger partial charge in [-0.2, -0.15) is 25.3 Å². The standard InChI is InChI=1S/C18H16N2O10S3/c1-9-4-11(19)2-3-14(9)18(21)20-15-7-12(31(22,23)24)5-10-6-13(32(25,26)27)8-16(17(10)15)33(28,29)30/h2-8H,19H2,1H3,(H,20,21)(H,22,23,24)(H,25,26,27)(H,28,29,30). The lowest BCUT2D eigenvalue weighted by atomic mass is 10.1. The molecule has 6 N–H and O–H groups in total. The van der Waals surface area contributed by atoms with Crippen LogP contribution in [0.15, 0.2) is 57.2 Å². The maximum Gasteiger partial charge on any atom is 0.295 e. The zero-order valence-electron chi connectivity index (χ0n) is 16.5. The predicted octanol–water partition coefficient (Wildman–Crippen LogP) is 1.72. The first-order chi connectivity index (χ1) is 15.0. The van der Waals surface area contributed by atoms with E-state index in [2.05, 4.69) is 5.32 Å². The van der Waals surface area contributed by atoms with Crippen LogP contribution in [0.2, 0.25) is 0 Å². The fourth-order valence-electron chi connectivity index (χ4n) is 3.15. The molecule has 0 fully saturated rings. The molecule has 15 heteroatoms. The average Bonchev–Trinajstić information content (AvgIpc) is 2.64. The second-order valence-electron chi connectivity index (χ2n) is 6.94. The summed E-state index contributed by atoms with van der Waals surface area (Å²) in [6.45, 7) is 1.56. The normalized spacial score (nSPS) is 12.6. The number of benzene rings is 3. The molecule has 0 saturated carbocycles. The van der Waals surface area contributed by atoms with Gasteiger partial charge in [-0.1, -0.05) is 0 Å². The number of carbonyl (C=O) groups is 1. The van der Waals surface area contributed by atoms with Crippen LogP contribution in [0.5, 0.6) is 0 Å². The second kappa shape index (κ2) is 8.05. The molecule has 3 aromatic rings. The summed E-state index contributed by atoms with van der Waals surface area (Å²) in [5, 5.41) is 1.38. The van der Waals surface area contributed by atoms with Crippen molar-refractivity contribution in [1.82, 2.24) is 0 Å². The maximum absolute atomic E-state index is 12.8. The smallest absolute Gasteiger partial charge is 0.295 e. The number of hydrogen-bond donors (Lipinski definition) is 5. The monoisotopic (exact) mass is 516 g/mol. The Bertz CT molecular complexity index is 1640. The summed E-state index contributed by atoms with van der Waals surface area (Å²) in [5.41, 5.74) is 6.02. The minimum Gasteiger partial charge on any atom is -0.399 e. The molecule has 0 saturated heterocycles. The largest absolute Gasteiger partial charge is 0.399 e. The van der Waals surface area contributed by atoms with E-state index in [1.165, 1.54) is 18.2 Å². The Morgan fingerprint density at radius 2 is 1.36 bits per heavy atom. The van der Waals surface area contributed by atoms with Crippen molar-refractivity contribution in [2.75, 3.05) is 11.1 Å². The van der Waals surface area contributed by atoms with E-state index >= 15 is 0 Å². The van der Waals surface area contributed by atoms with Gasteiger partial charge in [0.05, 0.1) is 15.5 Å². The molecular formula is C18H16N2O10S3. The van der Waals surface area contributed by atoms with Crippen molar-refractivity contribution in [3.05, 3.63) is 53.6 Å². The topological polar surface area (TPSA) is 218 Å². The Labute approximate surface area is 188 Å². The molecule has 0 radical (unpaired) electrons. The molecule has 0 spiro atoms. The minimum absolute atomic E-state index is 0.0811. The Hall–Kier alpha value is -3.08. The van der Waals surface area contributed by atoms with Crippen LogP contribution in [-0.4, -0.2) is 44.8 Å². The van der Waals surface area contributed by atoms with Gasteiger partial charge in [0.1, 0.15) is 4.90 Å². The van der Waals surface area contributed by atoms with Crippen LogP contribution in [0.1, 0.15) is 15.9 Å². The quantitative estimate of drug-likeness (QED) is 0.243. The van der Waals surface area contributed by atoms with Gasteiger partial charge in [-0.25, -0.2) is 0 Å². The summed E-state index contributed by atoms with van der Waals surface area (Å²) in [7, 11) is -15.1. The van der Waals surface area contributed by atoms with Gasteiger partial charge in [-0.3, -0.25) is 18.5 Å². The summed E-state index contributed by atoms with van der Waals surface area (Å²) >= 11 is 0. The van der Waals surface area contributed by atoms with Gasteiger partial charge >= 0.3 is 0 Å². The highest BCUT2D eigenvalue weighted by atomic mass is 32.2. The molecular weight excluding hydrogens is 500 g/mol. The molecule has 0 aliphatic heterocycles. The number of hydrogen-bond acceptors (Lipinski definition) is 8. The molecule has 0 aliphatic carbocycles. The third kappa shape index (κ3) is 5.13. The first-order valence-corrected chi connectivity index (χ1v) is 13.0. The van der Waals surface area contributed by atoms with Crippen LogP contribution in [0, 0.1) is 6.92 Å². The molecule has 0 heterocycles. The molecule has 12 nitrogen and oxygen atoms in total. The number of carbonyl (C=O) groups excluding carboxylic acids is 1. The number of aryl methyl sites for hydroxylation is 1. The maximum atomic E-state index is 12.8. The molecule has 3 rings (SSSR count). The van der Waals surface area contributed by atoms with E-state index in [1.54, 1.807) is 6.92 Å². The third-order valence-electron chi connectivity index (χ3n) is 4.58. The molecule has 0 aliphatic rings. The molecule has 33 heavy (non-hydrogen) atoms. The van der Waals surface area contributed by atoms with Gasteiger partial charge in [0, 0.05) is 16.6 Å². The highest BCUT2D eigenvalue weighted by molar-refractivity contribution is 7.87. The van der Waals surface area contributed by atoms with E-state index in [0.29, 0.717) is 29.4 Å². The van der Waals surface area contributed by atoms with Crippen molar-refractivity contribution in [1.29, 1.82) is 0 Å². The fourth-order valence-corrected chi connectivity index (χ4v) is 5.07. The number of fused-ring (bicyclic) bond motifs is 1. The van der Waals surface area contributed by atoms with Gasteiger partial charge in [0.15, 0.2) is 0 Å². The Morgan fingerprint density at radius 1 is 0.818 bits per heavy atom. The lowest BCUT2D eigenvalue weighted by Gasteiger charge is -2.15. The van der Waals surface area contributed by atoms with Gasteiger partial charge in [-0.05, 0) is 60.3 Å². The molecule has 1 amide bonds. The molecule has 3 aromatic carbocycles. The Kier molecular flexibility index (Phi) is 5.99. The summed E-state index contributed by atoms with van der Waals surface area (Å²) in [5.74, 6) is -0.832.